The number of allylic oxidation sites excluding steroid dienone is 3. The maximum Gasteiger partial charge on any atom is 0.295 e. The van der Waals surface area contributed by atoms with Crippen LogP contribution in [0.4, 0.5) is 8.78 Å². The predicted octanol–water partition coefficient (Wildman–Crippen LogP) is 3.43. The third-order valence-corrected chi connectivity index (χ3v) is 2.94. The van der Waals surface area contributed by atoms with Crippen molar-refractivity contribution in [1.82, 2.24) is 0 Å². The Bertz CT molecular complexity index is 288. The van der Waals surface area contributed by atoms with Gasteiger partial charge >= 0.3 is 0 Å². The first kappa shape index (κ1) is 15.3. The summed E-state index contributed by atoms with van der Waals surface area (Å²) in [5.41, 5.74) is 5.46. The fraction of sp³-hybridized carbons (Fsp3) is 0.714. The number of ether oxygens (including phenoxy) is 1. The Labute approximate surface area is 108 Å². The van der Waals surface area contributed by atoms with Gasteiger partial charge in [-0.2, -0.15) is 8.78 Å². The van der Waals surface area contributed by atoms with E-state index in [0.717, 1.165) is 32.1 Å². The summed E-state index contributed by atoms with van der Waals surface area (Å²) in [5, 5.41) is 0. The lowest BCUT2D eigenvalue weighted by atomic mass is 10.0. The molecule has 0 saturated carbocycles. The topological polar surface area (TPSA) is 35.2 Å². The number of nitrogens with two attached hydrogens (primary N) is 1. The average Bonchev–Trinajstić information content (AvgIpc) is 2.39. The second-order valence-electron chi connectivity index (χ2n) is 4.60. The largest absolute Gasteiger partial charge is 0.375 e. The van der Waals surface area contributed by atoms with Crippen LogP contribution < -0.4 is 5.73 Å². The van der Waals surface area contributed by atoms with Crippen molar-refractivity contribution >= 4 is 0 Å². The van der Waals surface area contributed by atoms with E-state index in [4.69, 9.17) is 10.5 Å². The molecule has 0 spiro atoms. The molecule has 18 heavy (non-hydrogen) atoms. The molecule has 1 aliphatic carbocycles. The van der Waals surface area contributed by atoms with Gasteiger partial charge in [-0.1, -0.05) is 31.1 Å². The van der Waals surface area contributed by atoms with Crippen LogP contribution in [0.1, 0.15) is 38.5 Å². The summed E-state index contributed by atoms with van der Waals surface area (Å²) >= 11 is 0. The van der Waals surface area contributed by atoms with Crippen molar-refractivity contribution in [2.75, 3.05) is 19.8 Å². The highest BCUT2D eigenvalue weighted by Gasteiger charge is 2.33. The molecule has 0 aromatic rings. The lowest BCUT2D eigenvalue weighted by Crippen LogP contribution is -2.26. The van der Waals surface area contributed by atoms with Gasteiger partial charge in [0.25, 0.3) is 5.92 Å². The maximum atomic E-state index is 13.7. The van der Waals surface area contributed by atoms with Crippen molar-refractivity contribution in [3.05, 3.63) is 23.8 Å². The highest BCUT2D eigenvalue weighted by molar-refractivity contribution is 5.28. The first-order valence-corrected chi connectivity index (χ1v) is 6.69. The minimum atomic E-state index is -2.85. The van der Waals surface area contributed by atoms with Gasteiger partial charge in [0.2, 0.25) is 0 Å². The number of halogens is 2. The van der Waals surface area contributed by atoms with E-state index in [2.05, 4.69) is 0 Å². The van der Waals surface area contributed by atoms with Gasteiger partial charge in [-0.05, 0) is 32.2 Å². The number of hydrogen-bond donors (Lipinski definition) is 1. The number of alkyl halides is 2. The fourth-order valence-corrected chi connectivity index (χ4v) is 1.87. The van der Waals surface area contributed by atoms with E-state index in [1.807, 2.05) is 0 Å². The van der Waals surface area contributed by atoms with Crippen LogP contribution in [0.3, 0.4) is 0 Å². The molecule has 0 unspecified atom stereocenters. The minimum absolute atomic E-state index is 0.0943. The van der Waals surface area contributed by atoms with Gasteiger partial charge in [-0.25, -0.2) is 0 Å². The Kier molecular flexibility index (Phi) is 7.13. The minimum Gasteiger partial charge on any atom is -0.375 e. The molecular formula is C14H23F2NO. The summed E-state index contributed by atoms with van der Waals surface area (Å²) in [7, 11) is 0. The zero-order valence-corrected chi connectivity index (χ0v) is 10.8. The van der Waals surface area contributed by atoms with Crippen molar-refractivity contribution < 1.29 is 13.5 Å². The van der Waals surface area contributed by atoms with E-state index in [1.54, 1.807) is 12.2 Å². The van der Waals surface area contributed by atoms with E-state index in [0.29, 0.717) is 19.6 Å². The maximum absolute atomic E-state index is 13.7. The number of unbranched alkanes of at least 4 members (excludes halogenated alkanes) is 3. The molecule has 2 nitrogen and oxygen atoms in total. The Morgan fingerprint density at radius 2 is 1.94 bits per heavy atom. The predicted molar refractivity (Wildman–Crippen MR) is 69.7 cm³/mol. The van der Waals surface area contributed by atoms with Crippen LogP contribution in [0.5, 0.6) is 0 Å². The van der Waals surface area contributed by atoms with Crippen LogP contribution in [-0.2, 0) is 4.74 Å². The molecule has 4 heteroatoms. The van der Waals surface area contributed by atoms with Crippen molar-refractivity contribution in [2.24, 2.45) is 5.73 Å². The molecule has 2 N–H and O–H groups in total. The highest BCUT2D eigenvalue weighted by Crippen LogP contribution is 2.28. The van der Waals surface area contributed by atoms with E-state index in [-0.39, 0.29) is 5.57 Å². The number of rotatable bonds is 9. The molecule has 1 rings (SSSR count). The van der Waals surface area contributed by atoms with Crippen molar-refractivity contribution in [3.8, 4) is 0 Å². The second-order valence-corrected chi connectivity index (χ2v) is 4.60. The Balaban J connectivity index is 2.13. The molecule has 0 radical (unpaired) electrons. The molecule has 0 bridgehead atoms. The van der Waals surface area contributed by atoms with E-state index >= 15 is 0 Å². The molecule has 1 aliphatic rings. The third-order valence-electron chi connectivity index (χ3n) is 2.94. The zero-order valence-electron chi connectivity index (χ0n) is 10.8. The monoisotopic (exact) mass is 259 g/mol. The van der Waals surface area contributed by atoms with Crippen LogP contribution in [0.2, 0.25) is 0 Å². The lowest BCUT2D eigenvalue weighted by molar-refractivity contribution is -0.0471. The summed E-state index contributed by atoms with van der Waals surface area (Å²) in [4.78, 5) is 0. The van der Waals surface area contributed by atoms with Gasteiger partial charge in [-0.15, -0.1) is 0 Å². The molecule has 0 aromatic carbocycles. The van der Waals surface area contributed by atoms with Crippen LogP contribution in [-0.4, -0.2) is 25.7 Å². The lowest BCUT2D eigenvalue weighted by Gasteiger charge is -2.19. The van der Waals surface area contributed by atoms with Gasteiger partial charge in [0, 0.05) is 12.2 Å². The summed E-state index contributed by atoms with van der Waals surface area (Å²) < 4.78 is 32.4. The molecular weight excluding hydrogens is 236 g/mol. The second kappa shape index (κ2) is 8.38. The van der Waals surface area contributed by atoms with Crippen LogP contribution in [0.25, 0.3) is 0 Å². The molecule has 104 valence electrons. The van der Waals surface area contributed by atoms with E-state index < -0.39 is 12.5 Å². The first-order chi connectivity index (χ1) is 8.67. The molecule has 0 heterocycles. The van der Waals surface area contributed by atoms with Crippen LogP contribution >= 0.6 is 0 Å². The molecule has 0 fully saturated rings. The molecule has 0 aliphatic heterocycles. The Morgan fingerprint density at radius 1 is 1.17 bits per heavy atom. The van der Waals surface area contributed by atoms with Crippen molar-refractivity contribution in [1.29, 1.82) is 0 Å². The summed E-state index contributed by atoms with van der Waals surface area (Å²) in [6.45, 7) is 0.580. The van der Waals surface area contributed by atoms with Gasteiger partial charge in [-0.3, -0.25) is 0 Å². The smallest absolute Gasteiger partial charge is 0.295 e. The fourth-order valence-electron chi connectivity index (χ4n) is 1.87. The number of hydrogen-bond acceptors (Lipinski definition) is 2. The standard InChI is InChI=1S/C14H23F2NO/c15-14(16,13-8-4-3-5-9-13)12-18-11-7-2-1-6-10-17/h4,8-9H,1-3,5-7,10-12,17H2. The average molecular weight is 259 g/mol. The third kappa shape index (κ3) is 5.74. The highest BCUT2D eigenvalue weighted by atomic mass is 19.3. The van der Waals surface area contributed by atoms with Crippen molar-refractivity contribution in [3.63, 3.8) is 0 Å². The quantitative estimate of drug-likeness (QED) is 0.644. The Hall–Kier alpha value is -0.740. The first-order valence-electron chi connectivity index (χ1n) is 6.69. The van der Waals surface area contributed by atoms with Gasteiger partial charge in [0.05, 0.1) is 0 Å². The SMILES string of the molecule is NCCCCCCOCC(F)(F)C1=CCCC=C1. The van der Waals surface area contributed by atoms with E-state index in [1.165, 1.54) is 6.08 Å². The van der Waals surface area contributed by atoms with Gasteiger partial charge in [0.1, 0.15) is 6.61 Å². The van der Waals surface area contributed by atoms with Crippen LogP contribution in [0, 0.1) is 0 Å². The van der Waals surface area contributed by atoms with Crippen molar-refractivity contribution in [2.45, 2.75) is 44.4 Å². The molecule has 0 saturated heterocycles. The summed E-state index contributed by atoms with van der Waals surface area (Å²) in [5.74, 6) is -2.85. The summed E-state index contributed by atoms with van der Waals surface area (Å²) in [6, 6.07) is 0. The van der Waals surface area contributed by atoms with E-state index in [9.17, 15) is 8.78 Å². The van der Waals surface area contributed by atoms with Gasteiger partial charge < -0.3 is 10.5 Å². The molecule has 0 aromatic heterocycles. The molecule has 0 atom stereocenters. The zero-order chi connectivity index (χ0) is 13.3. The molecule has 0 amide bonds. The normalized spacial score (nSPS) is 15.8. The van der Waals surface area contributed by atoms with Gasteiger partial charge in [0.15, 0.2) is 0 Å². The van der Waals surface area contributed by atoms with Crippen LogP contribution in [0.15, 0.2) is 23.8 Å². The Morgan fingerprint density at radius 3 is 2.61 bits per heavy atom. The summed E-state index contributed by atoms with van der Waals surface area (Å²) in [6.07, 6.45) is 10.3.